The quantitative estimate of drug-likeness (QED) is 0.417. The van der Waals surface area contributed by atoms with E-state index in [1.807, 2.05) is 60.8 Å². The van der Waals surface area contributed by atoms with E-state index in [0.29, 0.717) is 46.8 Å². The molecule has 9 nitrogen and oxygen atoms in total. The highest BCUT2D eigenvalue weighted by atomic mass is 32.2. The Morgan fingerprint density at radius 2 is 1.89 bits per heavy atom. The maximum Gasteiger partial charge on any atom is 0.259 e. The summed E-state index contributed by atoms with van der Waals surface area (Å²) < 4.78 is 5.58. The number of carbonyl (C=O) groups excluding carboxylic acids is 3. The highest BCUT2D eigenvalue weighted by Crippen LogP contribution is 2.34. The van der Waals surface area contributed by atoms with Gasteiger partial charge in [0.25, 0.3) is 5.91 Å². The molecule has 1 aromatic heterocycles. The van der Waals surface area contributed by atoms with Crippen LogP contribution in [0.4, 0.5) is 11.4 Å². The van der Waals surface area contributed by atoms with Crippen LogP contribution < -0.4 is 15.4 Å². The van der Waals surface area contributed by atoms with E-state index in [2.05, 4.69) is 20.6 Å². The first-order valence-corrected chi connectivity index (χ1v) is 13.9. The average Bonchev–Trinajstić information content (AvgIpc) is 3.56. The summed E-state index contributed by atoms with van der Waals surface area (Å²) in [6.45, 7) is 2.76. The van der Waals surface area contributed by atoms with E-state index >= 15 is 0 Å². The Morgan fingerprint density at radius 3 is 2.71 bits per heavy atom. The first-order chi connectivity index (χ1) is 18.5. The van der Waals surface area contributed by atoms with Crippen LogP contribution in [0.2, 0.25) is 0 Å². The van der Waals surface area contributed by atoms with E-state index in [1.54, 1.807) is 23.5 Å². The third-order valence-electron chi connectivity index (χ3n) is 5.76. The molecule has 5 rings (SSSR count). The summed E-state index contributed by atoms with van der Waals surface area (Å²) in [5.74, 6) is 0.188. The molecule has 2 N–H and O–H groups in total. The van der Waals surface area contributed by atoms with Gasteiger partial charge in [-0.2, -0.15) is 0 Å². The first kappa shape index (κ1) is 25.7. The summed E-state index contributed by atoms with van der Waals surface area (Å²) in [5, 5.41) is 8.01. The second-order valence-electron chi connectivity index (χ2n) is 8.38. The Bertz CT molecular complexity index is 1420. The number of carbonyl (C=O) groups is 3. The number of benzene rings is 2. The minimum absolute atomic E-state index is 0.0183. The Balaban J connectivity index is 1.29. The van der Waals surface area contributed by atoms with E-state index < -0.39 is 6.04 Å². The lowest BCUT2D eigenvalue weighted by atomic mass is 10.1. The Labute approximate surface area is 228 Å². The number of rotatable bonds is 9. The molecule has 0 saturated heterocycles. The van der Waals surface area contributed by atoms with Gasteiger partial charge in [0, 0.05) is 10.4 Å². The van der Waals surface area contributed by atoms with Crippen LogP contribution in [0.1, 0.15) is 23.8 Å². The minimum Gasteiger partial charge on any atom is -0.492 e. The molecule has 0 aliphatic carbocycles. The van der Waals surface area contributed by atoms with Gasteiger partial charge in [-0.15, -0.1) is 11.3 Å². The number of para-hydroxylation sites is 3. The fraction of sp³-hybridized carbons (Fsp3) is 0.222. The van der Waals surface area contributed by atoms with Crippen LogP contribution in [0.3, 0.4) is 0 Å². The Morgan fingerprint density at radius 1 is 1.08 bits per heavy atom. The Kier molecular flexibility index (Phi) is 7.85. The second-order valence-corrected chi connectivity index (χ2v) is 10.4. The van der Waals surface area contributed by atoms with Crippen LogP contribution >= 0.6 is 23.1 Å². The molecule has 1 atom stereocenters. The van der Waals surface area contributed by atoms with Gasteiger partial charge in [0.05, 0.1) is 36.7 Å². The molecule has 3 heterocycles. The molecule has 0 fully saturated rings. The summed E-state index contributed by atoms with van der Waals surface area (Å²) in [4.78, 5) is 50.5. The van der Waals surface area contributed by atoms with Gasteiger partial charge in [0.1, 0.15) is 17.6 Å². The van der Waals surface area contributed by atoms with Crippen LogP contribution in [0, 0.1) is 0 Å². The number of fused-ring (bicyclic) bond motifs is 3. The maximum atomic E-state index is 13.4. The molecule has 3 aromatic rings. The third kappa shape index (κ3) is 5.63. The predicted molar refractivity (Wildman–Crippen MR) is 150 cm³/mol. The molecule has 194 valence electrons. The van der Waals surface area contributed by atoms with Crippen molar-refractivity contribution in [1.82, 2.24) is 10.2 Å². The number of amidine groups is 2. The monoisotopic (exact) mass is 547 g/mol. The van der Waals surface area contributed by atoms with Crippen molar-refractivity contribution >= 4 is 63.2 Å². The molecule has 0 spiro atoms. The smallest absolute Gasteiger partial charge is 0.259 e. The second kappa shape index (κ2) is 11.6. The van der Waals surface area contributed by atoms with Gasteiger partial charge in [0.15, 0.2) is 5.17 Å². The van der Waals surface area contributed by atoms with Crippen molar-refractivity contribution in [2.75, 3.05) is 17.7 Å². The molecule has 3 amide bonds. The highest BCUT2D eigenvalue weighted by molar-refractivity contribution is 8.14. The molecule has 2 aliphatic rings. The number of thioether (sulfide) groups is 1. The summed E-state index contributed by atoms with van der Waals surface area (Å²) >= 11 is 2.69. The SMILES string of the molecule is CCOc1ccccc1NC(=O)CSC1=Nc2ccccc2C2=N[C@H](CC(=O)NCc3cccs3)C(=O)N12. The van der Waals surface area contributed by atoms with E-state index in [1.165, 1.54) is 4.90 Å². The number of nitrogens with one attached hydrogen (secondary N) is 2. The summed E-state index contributed by atoms with van der Waals surface area (Å²) in [6.07, 6.45) is -0.0704. The topological polar surface area (TPSA) is 112 Å². The minimum atomic E-state index is -0.864. The molecule has 0 radical (unpaired) electrons. The van der Waals surface area contributed by atoms with Crippen molar-refractivity contribution in [3.05, 3.63) is 76.5 Å². The summed E-state index contributed by atoms with van der Waals surface area (Å²) in [5.41, 5.74) is 1.94. The van der Waals surface area contributed by atoms with Crippen molar-refractivity contribution in [3.8, 4) is 5.75 Å². The molecule has 0 saturated carbocycles. The maximum absolute atomic E-state index is 13.4. The molecule has 0 bridgehead atoms. The van der Waals surface area contributed by atoms with Crippen LogP contribution in [-0.2, 0) is 20.9 Å². The molecule has 38 heavy (non-hydrogen) atoms. The number of anilines is 1. The molecule has 2 aliphatic heterocycles. The average molecular weight is 548 g/mol. The van der Waals surface area contributed by atoms with Gasteiger partial charge in [0.2, 0.25) is 11.8 Å². The number of aliphatic imine (C=N–C) groups is 2. The van der Waals surface area contributed by atoms with Crippen molar-refractivity contribution in [3.63, 3.8) is 0 Å². The lowest BCUT2D eigenvalue weighted by molar-refractivity contribution is -0.128. The normalized spacial score (nSPS) is 15.8. The van der Waals surface area contributed by atoms with Gasteiger partial charge < -0.3 is 15.4 Å². The zero-order valence-electron chi connectivity index (χ0n) is 20.5. The number of amides is 3. The van der Waals surface area contributed by atoms with Crippen molar-refractivity contribution in [1.29, 1.82) is 0 Å². The van der Waals surface area contributed by atoms with Crippen LogP contribution in [-0.4, -0.2) is 52.0 Å². The number of thiophene rings is 1. The van der Waals surface area contributed by atoms with Crippen LogP contribution in [0.5, 0.6) is 5.75 Å². The fourth-order valence-electron chi connectivity index (χ4n) is 4.05. The van der Waals surface area contributed by atoms with Crippen molar-refractivity contribution in [2.24, 2.45) is 9.98 Å². The van der Waals surface area contributed by atoms with E-state index in [-0.39, 0.29) is 29.9 Å². The molecule has 2 aromatic carbocycles. The highest BCUT2D eigenvalue weighted by Gasteiger charge is 2.42. The van der Waals surface area contributed by atoms with Crippen molar-refractivity contribution in [2.45, 2.75) is 25.9 Å². The largest absolute Gasteiger partial charge is 0.492 e. The van der Waals surface area contributed by atoms with E-state index in [4.69, 9.17) is 4.74 Å². The zero-order chi connectivity index (χ0) is 26.5. The van der Waals surface area contributed by atoms with Gasteiger partial charge in [-0.1, -0.05) is 42.1 Å². The fourth-order valence-corrected chi connectivity index (χ4v) is 5.49. The summed E-state index contributed by atoms with van der Waals surface area (Å²) in [7, 11) is 0. The predicted octanol–water partition coefficient (Wildman–Crippen LogP) is 4.18. The lowest BCUT2D eigenvalue weighted by Crippen LogP contribution is -2.42. The van der Waals surface area contributed by atoms with Crippen molar-refractivity contribution < 1.29 is 19.1 Å². The van der Waals surface area contributed by atoms with Gasteiger partial charge in [-0.25, -0.2) is 9.89 Å². The standard InChI is InChI=1S/C27H25N5O4S2/c1-2-36-22-12-6-5-11-20(22)29-24(34)16-38-27-31-19-10-4-3-9-18(19)25-30-21(26(35)32(25)27)14-23(33)28-15-17-8-7-13-37-17/h3-13,21H,2,14-16H2,1H3,(H,28,33)(H,29,34)/t21-/m1/s1. The zero-order valence-corrected chi connectivity index (χ0v) is 22.2. The van der Waals surface area contributed by atoms with Gasteiger partial charge >= 0.3 is 0 Å². The number of hydrogen-bond acceptors (Lipinski definition) is 8. The molecular formula is C27H25N5O4S2. The third-order valence-corrected chi connectivity index (χ3v) is 7.57. The molecule has 11 heteroatoms. The number of nitrogens with zero attached hydrogens (tertiary/aromatic N) is 3. The molecular weight excluding hydrogens is 522 g/mol. The van der Waals surface area contributed by atoms with Crippen LogP contribution in [0.25, 0.3) is 0 Å². The number of hydrogen-bond donors (Lipinski definition) is 2. The van der Waals surface area contributed by atoms with Gasteiger partial charge in [-0.3, -0.25) is 19.4 Å². The lowest BCUT2D eigenvalue weighted by Gasteiger charge is -2.25. The Hall–Kier alpha value is -3.96. The van der Waals surface area contributed by atoms with Crippen LogP contribution in [0.15, 0.2) is 76.0 Å². The van der Waals surface area contributed by atoms with Gasteiger partial charge in [-0.05, 0) is 42.6 Å². The number of ether oxygens (including phenoxy) is 1. The van der Waals surface area contributed by atoms with E-state index in [0.717, 1.165) is 16.6 Å². The van der Waals surface area contributed by atoms with E-state index in [9.17, 15) is 14.4 Å². The molecule has 0 unspecified atom stereocenters. The first-order valence-electron chi connectivity index (χ1n) is 12.1. The summed E-state index contributed by atoms with van der Waals surface area (Å²) in [6, 6.07) is 17.6.